The number of rotatable bonds is 6. The number of hydrogen-bond acceptors (Lipinski definition) is 5. The molecule has 0 fully saturated rings. The van der Waals surface area contributed by atoms with Crippen LogP contribution in [0.5, 0.6) is 0 Å². The zero-order valence-electron chi connectivity index (χ0n) is 13.4. The Bertz CT molecular complexity index is 797. The van der Waals surface area contributed by atoms with E-state index in [4.69, 9.17) is 4.52 Å². The average Bonchev–Trinajstić information content (AvgIpc) is 3.03. The highest BCUT2D eigenvalue weighted by molar-refractivity contribution is 5.89. The van der Waals surface area contributed by atoms with Gasteiger partial charge in [0.1, 0.15) is 5.82 Å². The fraction of sp³-hybridized carbons (Fsp3) is 0.222. The summed E-state index contributed by atoms with van der Waals surface area (Å²) in [7, 11) is 0. The third kappa shape index (κ3) is 4.49. The number of anilines is 1. The molecule has 0 saturated carbocycles. The van der Waals surface area contributed by atoms with Gasteiger partial charge in [0, 0.05) is 25.5 Å². The summed E-state index contributed by atoms with van der Waals surface area (Å²) in [6, 6.07) is 13.6. The highest BCUT2D eigenvalue weighted by Crippen LogP contribution is 2.09. The van der Waals surface area contributed by atoms with Crippen molar-refractivity contribution in [3.63, 3.8) is 0 Å². The lowest BCUT2D eigenvalue weighted by atomic mass is 10.1. The molecule has 0 saturated heterocycles. The Kier molecular flexibility index (Phi) is 4.96. The molecular formula is C18H18N4O2. The molecule has 3 aromatic rings. The topological polar surface area (TPSA) is 80.9 Å². The van der Waals surface area contributed by atoms with Crippen molar-refractivity contribution >= 4 is 11.7 Å². The predicted octanol–water partition coefficient (Wildman–Crippen LogP) is 2.94. The van der Waals surface area contributed by atoms with Crippen molar-refractivity contribution in [3.8, 4) is 0 Å². The smallest absolute Gasteiger partial charge is 0.227 e. The lowest BCUT2D eigenvalue weighted by molar-refractivity contribution is -0.116. The van der Waals surface area contributed by atoms with E-state index in [1.165, 1.54) is 0 Å². The van der Waals surface area contributed by atoms with Gasteiger partial charge in [-0.3, -0.25) is 4.79 Å². The van der Waals surface area contributed by atoms with Crippen LogP contribution in [0.1, 0.15) is 29.3 Å². The lowest BCUT2D eigenvalue weighted by Crippen LogP contribution is -2.13. The summed E-state index contributed by atoms with van der Waals surface area (Å²) >= 11 is 0. The molecule has 0 bridgehead atoms. The SMILES string of the molecule is Cc1ccc(NC(=O)CCc2nc(Cc3ccccc3)no2)nc1. The minimum atomic E-state index is -0.130. The Labute approximate surface area is 139 Å². The molecule has 0 aliphatic rings. The van der Waals surface area contributed by atoms with Crippen molar-refractivity contribution in [1.29, 1.82) is 0 Å². The summed E-state index contributed by atoms with van der Waals surface area (Å²) in [5.41, 5.74) is 2.16. The number of benzene rings is 1. The second-order valence-electron chi connectivity index (χ2n) is 5.54. The first kappa shape index (κ1) is 15.9. The van der Waals surface area contributed by atoms with E-state index in [0.29, 0.717) is 30.4 Å². The van der Waals surface area contributed by atoms with E-state index < -0.39 is 0 Å². The summed E-state index contributed by atoms with van der Waals surface area (Å²) in [4.78, 5) is 20.4. The Morgan fingerprint density at radius 2 is 2.00 bits per heavy atom. The first-order valence-electron chi connectivity index (χ1n) is 7.77. The average molecular weight is 322 g/mol. The highest BCUT2D eigenvalue weighted by atomic mass is 16.5. The van der Waals surface area contributed by atoms with Gasteiger partial charge >= 0.3 is 0 Å². The number of nitrogens with one attached hydrogen (secondary N) is 1. The van der Waals surface area contributed by atoms with E-state index >= 15 is 0 Å². The maximum atomic E-state index is 11.9. The lowest BCUT2D eigenvalue weighted by Gasteiger charge is -2.03. The van der Waals surface area contributed by atoms with Crippen molar-refractivity contribution in [1.82, 2.24) is 15.1 Å². The molecule has 0 aliphatic carbocycles. The van der Waals surface area contributed by atoms with Gasteiger partial charge in [0.15, 0.2) is 5.82 Å². The first-order chi connectivity index (χ1) is 11.7. The second-order valence-corrected chi connectivity index (χ2v) is 5.54. The van der Waals surface area contributed by atoms with Crippen LogP contribution in [0.4, 0.5) is 5.82 Å². The third-order valence-electron chi connectivity index (χ3n) is 3.46. The fourth-order valence-corrected chi connectivity index (χ4v) is 2.21. The number of hydrogen-bond donors (Lipinski definition) is 1. The molecular weight excluding hydrogens is 304 g/mol. The van der Waals surface area contributed by atoms with Crippen molar-refractivity contribution in [2.24, 2.45) is 0 Å². The highest BCUT2D eigenvalue weighted by Gasteiger charge is 2.10. The zero-order chi connectivity index (χ0) is 16.8. The molecule has 3 rings (SSSR count). The summed E-state index contributed by atoms with van der Waals surface area (Å²) in [5, 5.41) is 6.70. The summed E-state index contributed by atoms with van der Waals surface area (Å²) < 4.78 is 5.20. The van der Waals surface area contributed by atoms with E-state index in [2.05, 4.69) is 20.4 Å². The number of aromatic nitrogens is 3. The number of pyridine rings is 1. The number of carbonyl (C=O) groups excluding carboxylic acids is 1. The quantitative estimate of drug-likeness (QED) is 0.754. The van der Waals surface area contributed by atoms with Gasteiger partial charge in [0.05, 0.1) is 0 Å². The van der Waals surface area contributed by atoms with E-state index in [0.717, 1.165) is 11.1 Å². The van der Waals surface area contributed by atoms with Gasteiger partial charge in [-0.15, -0.1) is 0 Å². The molecule has 0 atom stereocenters. The molecule has 2 heterocycles. The van der Waals surface area contributed by atoms with Crippen LogP contribution in [-0.4, -0.2) is 21.0 Å². The van der Waals surface area contributed by atoms with Crippen LogP contribution < -0.4 is 5.32 Å². The molecule has 1 aromatic carbocycles. The summed E-state index contributed by atoms with van der Waals surface area (Å²) in [6.07, 6.45) is 3.00. The molecule has 24 heavy (non-hydrogen) atoms. The maximum Gasteiger partial charge on any atom is 0.227 e. The fourth-order valence-electron chi connectivity index (χ4n) is 2.21. The van der Waals surface area contributed by atoms with Gasteiger partial charge in [0.2, 0.25) is 11.8 Å². The van der Waals surface area contributed by atoms with Crippen LogP contribution in [0.25, 0.3) is 0 Å². The van der Waals surface area contributed by atoms with Gasteiger partial charge in [0.25, 0.3) is 0 Å². The molecule has 122 valence electrons. The molecule has 0 radical (unpaired) electrons. The predicted molar refractivity (Wildman–Crippen MR) is 89.5 cm³/mol. The van der Waals surface area contributed by atoms with Crippen LogP contribution in [0.2, 0.25) is 0 Å². The van der Waals surface area contributed by atoms with Crippen molar-refractivity contribution < 1.29 is 9.32 Å². The van der Waals surface area contributed by atoms with Crippen LogP contribution in [0.15, 0.2) is 53.2 Å². The summed E-state index contributed by atoms with van der Waals surface area (Å²) in [6.45, 7) is 1.95. The zero-order valence-corrected chi connectivity index (χ0v) is 13.4. The number of aryl methyl sites for hydroxylation is 2. The Morgan fingerprint density at radius 1 is 1.17 bits per heavy atom. The Balaban J connectivity index is 1.50. The van der Waals surface area contributed by atoms with E-state index in [1.54, 1.807) is 12.3 Å². The molecule has 1 amide bonds. The normalized spacial score (nSPS) is 10.5. The van der Waals surface area contributed by atoms with Gasteiger partial charge in [-0.2, -0.15) is 4.98 Å². The number of nitrogens with zero attached hydrogens (tertiary/aromatic N) is 3. The van der Waals surface area contributed by atoms with Gasteiger partial charge in [-0.1, -0.05) is 41.6 Å². The minimum absolute atomic E-state index is 0.130. The molecule has 0 aliphatic heterocycles. The van der Waals surface area contributed by atoms with Gasteiger partial charge in [-0.05, 0) is 24.1 Å². The Hall–Kier alpha value is -3.02. The molecule has 0 spiro atoms. The maximum absolute atomic E-state index is 11.9. The second kappa shape index (κ2) is 7.50. The standard InChI is InChI=1S/C18H18N4O2/c1-13-7-8-15(19-12-13)20-17(23)9-10-18-21-16(22-24-18)11-14-5-3-2-4-6-14/h2-8,12H,9-11H2,1H3,(H,19,20,23). The summed E-state index contributed by atoms with van der Waals surface area (Å²) in [5.74, 6) is 1.50. The van der Waals surface area contributed by atoms with Crippen LogP contribution in [0.3, 0.4) is 0 Å². The minimum Gasteiger partial charge on any atom is -0.339 e. The first-order valence-corrected chi connectivity index (χ1v) is 7.77. The molecule has 1 N–H and O–H groups in total. The molecule has 6 nitrogen and oxygen atoms in total. The van der Waals surface area contributed by atoms with Crippen LogP contribution >= 0.6 is 0 Å². The van der Waals surface area contributed by atoms with E-state index in [-0.39, 0.29) is 12.3 Å². The van der Waals surface area contributed by atoms with E-state index in [9.17, 15) is 4.79 Å². The largest absolute Gasteiger partial charge is 0.339 e. The molecule has 2 aromatic heterocycles. The van der Waals surface area contributed by atoms with Crippen molar-refractivity contribution in [3.05, 3.63) is 71.5 Å². The van der Waals surface area contributed by atoms with Gasteiger partial charge < -0.3 is 9.84 Å². The van der Waals surface area contributed by atoms with Gasteiger partial charge in [-0.25, -0.2) is 4.98 Å². The number of amides is 1. The monoisotopic (exact) mass is 322 g/mol. The molecule has 0 unspecified atom stereocenters. The van der Waals surface area contributed by atoms with Crippen molar-refractivity contribution in [2.75, 3.05) is 5.32 Å². The van der Waals surface area contributed by atoms with Crippen molar-refractivity contribution in [2.45, 2.75) is 26.2 Å². The number of carbonyl (C=O) groups is 1. The molecule has 6 heteroatoms. The van der Waals surface area contributed by atoms with Crippen LogP contribution in [0, 0.1) is 6.92 Å². The van der Waals surface area contributed by atoms with E-state index in [1.807, 2.05) is 43.3 Å². The Morgan fingerprint density at radius 3 is 2.75 bits per heavy atom. The third-order valence-corrected chi connectivity index (χ3v) is 3.46. The van der Waals surface area contributed by atoms with Crippen LogP contribution in [-0.2, 0) is 17.6 Å².